The number of fused-ring (bicyclic) bond motifs is 1. The summed E-state index contributed by atoms with van der Waals surface area (Å²) in [6, 6.07) is 4.23. The Morgan fingerprint density at radius 2 is 2.16 bits per heavy atom. The molecular formula is C10H10N2O6S. The van der Waals surface area contributed by atoms with Crippen LogP contribution in [0.2, 0.25) is 0 Å². The molecule has 0 aliphatic carbocycles. The van der Waals surface area contributed by atoms with Gasteiger partial charge in [-0.15, -0.1) is 0 Å². The van der Waals surface area contributed by atoms with Gasteiger partial charge in [0.15, 0.2) is 5.58 Å². The highest BCUT2D eigenvalue weighted by Gasteiger charge is 2.13. The number of carboxylic acids is 1. The number of anilines is 1. The SMILES string of the molecule is O=C(O)CCS(=O)(=O)Nc1ccc2oc(=O)[nH]c2c1. The number of aliphatic carboxylic acids is 1. The summed E-state index contributed by atoms with van der Waals surface area (Å²) >= 11 is 0. The second-order valence-corrected chi connectivity index (χ2v) is 5.63. The minimum absolute atomic E-state index is 0.218. The van der Waals surface area contributed by atoms with Gasteiger partial charge in [0, 0.05) is 0 Å². The molecule has 3 N–H and O–H groups in total. The van der Waals surface area contributed by atoms with Gasteiger partial charge in [-0.05, 0) is 18.2 Å². The van der Waals surface area contributed by atoms with E-state index < -0.39 is 33.9 Å². The van der Waals surface area contributed by atoms with E-state index in [4.69, 9.17) is 9.52 Å². The smallest absolute Gasteiger partial charge is 0.417 e. The molecule has 2 aromatic rings. The predicted molar refractivity (Wildman–Crippen MR) is 66.5 cm³/mol. The van der Waals surface area contributed by atoms with Crippen molar-refractivity contribution in [1.82, 2.24) is 4.98 Å². The number of carboxylic acid groups (broad SMARTS) is 1. The summed E-state index contributed by atoms with van der Waals surface area (Å²) in [5.41, 5.74) is 0.872. The molecule has 0 aliphatic rings. The standard InChI is InChI=1S/C10H10N2O6S/c13-9(14)3-4-19(16,17)12-6-1-2-8-7(5-6)11-10(15)18-8/h1-2,5,12H,3-4H2,(H,11,15)(H,13,14). The van der Waals surface area contributed by atoms with Crippen molar-refractivity contribution in [1.29, 1.82) is 0 Å². The molecule has 0 bridgehead atoms. The molecule has 0 saturated heterocycles. The molecule has 0 radical (unpaired) electrons. The monoisotopic (exact) mass is 286 g/mol. The molecule has 0 spiro atoms. The first-order chi connectivity index (χ1) is 8.85. The number of nitrogens with one attached hydrogen (secondary N) is 2. The van der Waals surface area contributed by atoms with Crippen LogP contribution in [-0.4, -0.2) is 30.2 Å². The first-order valence-corrected chi connectivity index (χ1v) is 6.86. The number of hydrogen-bond acceptors (Lipinski definition) is 5. The maximum Gasteiger partial charge on any atom is 0.417 e. The van der Waals surface area contributed by atoms with Crippen LogP contribution in [0, 0.1) is 0 Å². The van der Waals surface area contributed by atoms with Crippen molar-refractivity contribution in [3.63, 3.8) is 0 Å². The van der Waals surface area contributed by atoms with Crippen molar-refractivity contribution in [2.75, 3.05) is 10.5 Å². The lowest BCUT2D eigenvalue weighted by atomic mass is 10.3. The second-order valence-electron chi connectivity index (χ2n) is 3.79. The van der Waals surface area contributed by atoms with Crippen molar-refractivity contribution < 1.29 is 22.7 Å². The molecule has 8 nitrogen and oxygen atoms in total. The van der Waals surface area contributed by atoms with E-state index in [1.807, 2.05) is 0 Å². The highest BCUT2D eigenvalue weighted by Crippen LogP contribution is 2.17. The van der Waals surface area contributed by atoms with Gasteiger partial charge in [-0.3, -0.25) is 14.5 Å². The predicted octanol–water partition coefficient (Wildman–Crippen LogP) is 0.337. The Kier molecular flexibility index (Phi) is 3.30. The van der Waals surface area contributed by atoms with Crippen LogP contribution in [0.25, 0.3) is 11.1 Å². The zero-order valence-electron chi connectivity index (χ0n) is 9.54. The van der Waals surface area contributed by atoms with E-state index in [9.17, 15) is 18.0 Å². The van der Waals surface area contributed by atoms with Crippen molar-refractivity contribution in [2.24, 2.45) is 0 Å². The van der Waals surface area contributed by atoms with Gasteiger partial charge in [-0.25, -0.2) is 13.2 Å². The summed E-state index contributed by atoms with van der Waals surface area (Å²) in [6.07, 6.45) is -0.486. The van der Waals surface area contributed by atoms with Crippen molar-refractivity contribution >= 4 is 32.8 Å². The van der Waals surface area contributed by atoms with Gasteiger partial charge >= 0.3 is 11.7 Å². The highest BCUT2D eigenvalue weighted by atomic mass is 32.2. The number of rotatable bonds is 5. The minimum Gasteiger partial charge on any atom is -0.481 e. The summed E-state index contributed by atoms with van der Waals surface area (Å²) in [5.74, 6) is -2.36. The van der Waals surface area contributed by atoms with E-state index in [-0.39, 0.29) is 5.69 Å². The molecule has 1 aromatic heterocycles. The van der Waals surface area contributed by atoms with Gasteiger partial charge in [-0.1, -0.05) is 0 Å². The van der Waals surface area contributed by atoms with Crippen LogP contribution >= 0.6 is 0 Å². The molecule has 0 saturated carbocycles. The lowest BCUT2D eigenvalue weighted by molar-refractivity contribution is -0.136. The Morgan fingerprint density at radius 1 is 1.42 bits per heavy atom. The number of benzene rings is 1. The number of hydrogen-bond donors (Lipinski definition) is 3. The lowest BCUT2D eigenvalue weighted by Crippen LogP contribution is -2.18. The fourth-order valence-electron chi connectivity index (χ4n) is 1.47. The first-order valence-electron chi connectivity index (χ1n) is 5.21. The van der Waals surface area contributed by atoms with Crippen LogP contribution < -0.4 is 10.5 Å². The van der Waals surface area contributed by atoms with Crippen molar-refractivity contribution in [3.8, 4) is 0 Å². The summed E-state index contributed by atoms with van der Waals surface area (Å²) < 4.78 is 30.1. The lowest BCUT2D eigenvalue weighted by Gasteiger charge is -2.06. The second kappa shape index (κ2) is 4.76. The number of aromatic amines is 1. The van der Waals surface area contributed by atoms with Crippen LogP contribution in [0.1, 0.15) is 6.42 Å². The number of sulfonamides is 1. The van der Waals surface area contributed by atoms with Crippen LogP contribution in [-0.2, 0) is 14.8 Å². The van der Waals surface area contributed by atoms with E-state index in [0.717, 1.165) is 0 Å². The van der Waals surface area contributed by atoms with E-state index in [1.165, 1.54) is 18.2 Å². The van der Waals surface area contributed by atoms with Crippen LogP contribution in [0.5, 0.6) is 0 Å². The van der Waals surface area contributed by atoms with E-state index in [1.54, 1.807) is 0 Å². The Hall–Kier alpha value is -2.29. The summed E-state index contributed by atoms with van der Waals surface area (Å²) in [5, 5.41) is 8.44. The molecule has 0 amide bonds. The molecule has 0 aliphatic heterocycles. The van der Waals surface area contributed by atoms with Crippen molar-refractivity contribution in [2.45, 2.75) is 6.42 Å². The molecule has 102 valence electrons. The van der Waals surface area contributed by atoms with Gasteiger partial charge in [0.25, 0.3) is 0 Å². The van der Waals surface area contributed by atoms with Crippen molar-refractivity contribution in [3.05, 3.63) is 28.7 Å². The number of carbonyl (C=O) groups is 1. The van der Waals surface area contributed by atoms with E-state index >= 15 is 0 Å². The highest BCUT2D eigenvalue weighted by molar-refractivity contribution is 7.92. The Balaban J connectivity index is 2.20. The Morgan fingerprint density at radius 3 is 2.84 bits per heavy atom. The molecule has 9 heteroatoms. The first kappa shape index (κ1) is 13.1. The molecular weight excluding hydrogens is 276 g/mol. The Labute approximate surface area is 107 Å². The van der Waals surface area contributed by atoms with Crippen LogP contribution in [0.15, 0.2) is 27.4 Å². The average Bonchev–Trinajstić information content (AvgIpc) is 2.65. The zero-order valence-corrected chi connectivity index (χ0v) is 10.4. The molecule has 0 atom stereocenters. The largest absolute Gasteiger partial charge is 0.481 e. The average molecular weight is 286 g/mol. The third kappa shape index (κ3) is 3.35. The normalized spacial score (nSPS) is 11.6. The Bertz CT molecular complexity index is 773. The molecule has 2 rings (SSSR count). The molecule has 19 heavy (non-hydrogen) atoms. The summed E-state index contributed by atoms with van der Waals surface area (Å²) in [6.45, 7) is 0. The fraction of sp³-hybridized carbons (Fsp3) is 0.200. The number of H-pyrrole nitrogens is 1. The van der Waals surface area contributed by atoms with Crippen LogP contribution in [0.4, 0.5) is 5.69 Å². The number of aromatic nitrogens is 1. The fourth-order valence-corrected chi connectivity index (χ4v) is 2.50. The number of oxazole rings is 1. The van der Waals surface area contributed by atoms with Gasteiger partial charge in [0.05, 0.1) is 23.4 Å². The topological polar surface area (TPSA) is 129 Å². The van der Waals surface area contributed by atoms with Gasteiger partial charge in [-0.2, -0.15) is 0 Å². The maximum atomic E-state index is 11.6. The van der Waals surface area contributed by atoms with Crippen LogP contribution in [0.3, 0.4) is 0 Å². The molecule has 0 fully saturated rings. The van der Waals surface area contributed by atoms with Gasteiger partial charge in [0.1, 0.15) is 0 Å². The van der Waals surface area contributed by atoms with Gasteiger partial charge < -0.3 is 9.52 Å². The van der Waals surface area contributed by atoms with E-state index in [2.05, 4.69) is 9.71 Å². The maximum absolute atomic E-state index is 11.6. The minimum atomic E-state index is -3.75. The van der Waals surface area contributed by atoms with Gasteiger partial charge in [0.2, 0.25) is 10.0 Å². The molecule has 1 heterocycles. The zero-order chi connectivity index (χ0) is 14.0. The third-order valence-electron chi connectivity index (χ3n) is 2.28. The third-order valence-corrected chi connectivity index (χ3v) is 3.57. The molecule has 1 aromatic carbocycles. The summed E-state index contributed by atoms with van der Waals surface area (Å²) in [7, 11) is -3.75. The quantitative estimate of drug-likeness (QED) is 0.726. The molecule has 0 unspecified atom stereocenters. The summed E-state index contributed by atoms with van der Waals surface area (Å²) in [4.78, 5) is 23.7. The van der Waals surface area contributed by atoms with E-state index in [0.29, 0.717) is 11.1 Å².